The molecule has 0 atom stereocenters. The summed E-state index contributed by atoms with van der Waals surface area (Å²) in [5.41, 5.74) is 0.313. The van der Waals surface area contributed by atoms with Gasteiger partial charge in [-0.15, -0.1) is 0 Å². The number of phenolic OH excluding ortho intramolecular Hbond substituents is 1. The zero-order valence-corrected chi connectivity index (χ0v) is 24.3. The Bertz CT molecular complexity index is 1910. The monoisotopic (exact) mass is 652 g/mol. The number of phenols is 1. The van der Waals surface area contributed by atoms with Crippen LogP contribution in [-0.4, -0.2) is 46.8 Å². The first-order chi connectivity index (χ1) is 19.9. The highest BCUT2D eigenvalue weighted by Gasteiger charge is 2.33. The topological polar surface area (TPSA) is 170 Å². The van der Waals surface area contributed by atoms with Gasteiger partial charge in [-0.05, 0) is 78.3 Å². The van der Waals surface area contributed by atoms with E-state index in [9.17, 15) is 34.5 Å². The summed E-state index contributed by atoms with van der Waals surface area (Å²) < 4.78 is 2.56. The summed E-state index contributed by atoms with van der Waals surface area (Å²) in [6, 6.07) is 14.5. The number of nitrogens with one attached hydrogen (secondary N) is 2. The summed E-state index contributed by atoms with van der Waals surface area (Å²) in [6.07, 6.45) is 0. The quantitative estimate of drug-likeness (QED) is 0.165. The number of nitrogens with zero attached hydrogens (tertiary/aromatic N) is 2. The lowest BCUT2D eigenvalue weighted by Crippen LogP contribution is -2.25. The molecule has 2 aromatic heterocycles. The van der Waals surface area contributed by atoms with Gasteiger partial charge in [0.15, 0.2) is 0 Å². The van der Waals surface area contributed by atoms with E-state index in [-0.39, 0.29) is 54.4 Å². The Kier molecular flexibility index (Phi) is 7.43. The minimum absolute atomic E-state index is 0.0332. The van der Waals surface area contributed by atoms with Crippen LogP contribution in [-0.2, 0) is 0 Å². The number of aryl methyl sites for hydroxylation is 2. The Morgan fingerprint density at radius 2 is 1.26 bits per heavy atom. The van der Waals surface area contributed by atoms with Crippen LogP contribution in [0.5, 0.6) is 5.75 Å². The number of aromatic amines is 2. The molecule has 2 heterocycles. The number of H-pyrrole nitrogens is 2. The number of aromatic nitrogens is 4. The molecule has 13 heteroatoms. The van der Waals surface area contributed by atoms with Crippen molar-refractivity contribution < 1.29 is 24.9 Å². The number of carboxylic acids is 2. The van der Waals surface area contributed by atoms with Crippen LogP contribution in [0, 0.1) is 13.8 Å². The van der Waals surface area contributed by atoms with Crippen LogP contribution in [0.4, 0.5) is 0 Å². The van der Waals surface area contributed by atoms with Gasteiger partial charge in [0.2, 0.25) is 0 Å². The molecule has 0 aliphatic heterocycles. The second-order valence-electron chi connectivity index (χ2n) is 9.55. The van der Waals surface area contributed by atoms with E-state index in [1.807, 2.05) is 0 Å². The first kappa shape index (κ1) is 28.7. The van der Waals surface area contributed by atoms with Crippen molar-refractivity contribution in [1.29, 1.82) is 0 Å². The number of carbonyl (C=O) groups is 2. The molecular weight excluding hydrogens is 632 g/mol. The maximum absolute atomic E-state index is 14.0. The van der Waals surface area contributed by atoms with Gasteiger partial charge in [-0.2, -0.15) is 0 Å². The van der Waals surface area contributed by atoms with Crippen molar-refractivity contribution in [3.05, 3.63) is 130 Å². The standard InChI is InChI=1S/C29H22BrClN4O7/c1-13-22(26(37)34(32-13)18-7-3-5-15(9-18)28(39)40)24(20-11-17(31)12-21(30)25(20)36)23-14(2)33-35(27(23)38)19-8-4-6-16(10-19)29(41)42/h3-12,24,32-33,36H,1-2H3,(H,39,40)(H,41,42). The molecule has 214 valence electrons. The number of aromatic hydroxyl groups is 1. The van der Waals surface area contributed by atoms with E-state index in [2.05, 4.69) is 26.1 Å². The summed E-state index contributed by atoms with van der Waals surface area (Å²) >= 11 is 9.65. The van der Waals surface area contributed by atoms with Crippen LogP contribution < -0.4 is 11.1 Å². The molecule has 0 bridgehead atoms. The number of benzene rings is 3. The molecule has 0 fully saturated rings. The molecule has 5 aromatic rings. The van der Waals surface area contributed by atoms with E-state index in [1.54, 1.807) is 26.0 Å². The van der Waals surface area contributed by atoms with Gasteiger partial charge in [-0.25, -0.2) is 19.0 Å². The third kappa shape index (κ3) is 4.95. The predicted octanol–water partition coefficient (Wildman–Crippen LogP) is 4.96. The zero-order chi connectivity index (χ0) is 30.5. The van der Waals surface area contributed by atoms with E-state index in [1.165, 1.54) is 48.5 Å². The lowest BCUT2D eigenvalue weighted by atomic mass is 9.84. The SMILES string of the molecule is Cc1[nH]n(-c2cccc(C(=O)O)c2)c(=O)c1C(c1cc(Cl)cc(Br)c1O)c1c(C)[nH]n(-c2cccc(C(=O)O)c2)c1=O. The fourth-order valence-electron chi connectivity index (χ4n) is 4.98. The summed E-state index contributed by atoms with van der Waals surface area (Å²) in [5, 5.41) is 36.2. The van der Waals surface area contributed by atoms with Crippen molar-refractivity contribution in [3.8, 4) is 17.1 Å². The fourth-order valence-corrected chi connectivity index (χ4v) is 5.81. The minimum atomic E-state index is -1.17. The minimum Gasteiger partial charge on any atom is -0.506 e. The number of rotatable bonds is 7. The summed E-state index contributed by atoms with van der Waals surface area (Å²) in [6.45, 7) is 3.24. The van der Waals surface area contributed by atoms with Crippen molar-refractivity contribution in [2.24, 2.45) is 0 Å². The molecule has 0 aliphatic rings. The second kappa shape index (κ2) is 10.9. The van der Waals surface area contributed by atoms with Crippen molar-refractivity contribution in [1.82, 2.24) is 19.6 Å². The van der Waals surface area contributed by atoms with Gasteiger partial charge in [-0.3, -0.25) is 19.8 Å². The number of carboxylic acid groups (broad SMARTS) is 2. The Hall–Kier alpha value is -4.81. The van der Waals surface area contributed by atoms with Crippen LogP contribution >= 0.6 is 27.5 Å². The summed E-state index contributed by atoms with van der Waals surface area (Å²) in [7, 11) is 0. The lowest BCUT2D eigenvalue weighted by molar-refractivity contribution is 0.0686. The van der Waals surface area contributed by atoms with Crippen LogP contribution in [0.2, 0.25) is 5.02 Å². The van der Waals surface area contributed by atoms with Crippen molar-refractivity contribution in [2.75, 3.05) is 0 Å². The lowest BCUT2D eigenvalue weighted by Gasteiger charge is -2.18. The van der Waals surface area contributed by atoms with Crippen molar-refractivity contribution in [2.45, 2.75) is 19.8 Å². The molecular formula is C29H22BrClN4O7. The van der Waals surface area contributed by atoms with Crippen molar-refractivity contribution in [3.63, 3.8) is 0 Å². The third-order valence-electron chi connectivity index (χ3n) is 6.88. The highest BCUT2D eigenvalue weighted by molar-refractivity contribution is 9.10. The predicted molar refractivity (Wildman–Crippen MR) is 158 cm³/mol. The first-order valence-corrected chi connectivity index (χ1v) is 13.5. The average Bonchev–Trinajstić information content (AvgIpc) is 3.41. The molecule has 0 aliphatic carbocycles. The first-order valence-electron chi connectivity index (χ1n) is 12.4. The number of aromatic carboxylic acids is 2. The number of halogens is 2. The van der Waals surface area contributed by atoms with Gasteiger partial charge >= 0.3 is 11.9 Å². The second-order valence-corrected chi connectivity index (χ2v) is 10.8. The van der Waals surface area contributed by atoms with Gasteiger partial charge in [0, 0.05) is 22.0 Å². The van der Waals surface area contributed by atoms with E-state index < -0.39 is 29.0 Å². The Morgan fingerprint density at radius 1 is 0.810 bits per heavy atom. The van der Waals surface area contributed by atoms with E-state index >= 15 is 0 Å². The molecule has 42 heavy (non-hydrogen) atoms. The van der Waals surface area contributed by atoms with E-state index in [0.29, 0.717) is 11.4 Å². The molecule has 0 amide bonds. The van der Waals surface area contributed by atoms with Crippen LogP contribution in [0.1, 0.15) is 54.7 Å². The molecule has 0 saturated heterocycles. The third-order valence-corrected chi connectivity index (χ3v) is 7.71. The zero-order valence-electron chi connectivity index (χ0n) is 22.0. The molecule has 5 rings (SSSR count). The van der Waals surface area contributed by atoms with Crippen molar-refractivity contribution >= 4 is 39.5 Å². The van der Waals surface area contributed by atoms with Crippen LogP contribution in [0.3, 0.4) is 0 Å². The molecule has 3 aromatic carbocycles. The normalized spacial score (nSPS) is 11.3. The van der Waals surface area contributed by atoms with E-state index in [0.717, 1.165) is 9.36 Å². The molecule has 0 spiro atoms. The number of hydrogen-bond acceptors (Lipinski definition) is 5. The Labute approximate surface area is 250 Å². The van der Waals surface area contributed by atoms with E-state index in [4.69, 9.17) is 11.6 Å². The Balaban J connectivity index is 1.80. The van der Waals surface area contributed by atoms with Gasteiger partial charge in [-0.1, -0.05) is 23.7 Å². The smallest absolute Gasteiger partial charge is 0.335 e. The molecule has 5 N–H and O–H groups in total. The van der Waals surface area contributed by atoms with Crippen LogP contribution in [0.25, 0.3) is 11.4 Å². The molecule has 11 nitrogen and oxygen atoms in total. The summed E-state index contributed by atoms with van der Waals surface area (Å²) in [5.74, 6) is -3.74. The average molecular weight is 654 g/mol. The van der Waals surface area contributed by atoms with Gasteiger partial charge in [0.25, 0.3) is 11.1 Å². The van der Waals surface area contributed by atoms with Gasteiger partial charge in [0.1, 0.15) is 5.75 Å². The highest BCUT2D eigenvalue weighted by Crippen LogP contribution is 2.42. The molecule has 0 saturated carbocycles. The highest BCUT2D eigenvalue weighted by atomic mass is 79.9. The largest absolute Gasteiger partial charge is 0.506 e. The van der Waals surface area contributed by atoms with Gasteiger partial charge < -0.3 is 15.3 Å². The Morgan fingerprint density at radius 3 is 1.69 bits per heavy atom. The fraction of sp³-hybridized carbons (Fsp3) is 0.103. The molecule has 0 radical (unpaired) electrons. The maximum Gasteiger partial charge on any atom is 0.335 e. The summed E-state index contributed by atoms with van der Waals surface area (Å²) in [4.78, 5) is 51.2. The maximum atomic E-state index is 14.0. The van der Waals surface area contributed by atoms with Crippen LogP contribution in [0.15, 0.2) is 74.7 Å². The molecule has 0 unspecified atom stereocenters. The number of hydrogen-bond donors (Lipinski definition) is 5. The van der Waals surface area contributed by atoms with Gasteiger partial charge in [0.05, 0.1) is 44.0 Å².